The van der Waals surface area contributed by atoms with Gasteiger partial charge in [0.25, 0.3) is 0 Å². The van der Waals surface area contributed by atoms with Gasteiger partial charge in [0.2, 0.25) is 6.29 Å². The van der Waals surface area contributed by atoms with Crippen molar-refractivity contribution in [3.05, 3.63) is 76.9 Å². The van der Waals surface area contributed by atoms with Crippen LogP contribution in [-0.2, 0) is 35.2 Å². The minimum absolute atomic E-state index is 0.0244. The highest BCUT2D eigenvalue weighted by atomic mass is 16.7. The van der Waals surface area contributed by atoms with Crippen LogP contribution in [0.25, 0.3) is 34.2 Å². The Morgan fingerprint density at radius 2 is 0.862 bits per heavy atom. The fourth-order valence-corrected chi connectivity index (χ4v) is 8.56. The lowest BCUT2D eigenvalue weighted by Gasteiger charge is -2.22. The molecule has 4 aromatic rings. The Labute approximate surface area is 394 Å². The van der Waals surface area contributed by atoms with E-state index < -0.39 is 12.4 Å². The van der Waals surface area contributed by atoms with E-state index in [0.29, 0.717) is 35.4 Å². The zero-order chi connectivity index (χ0) is 46.5. The average Bonchev–Trinajstić information content (AvgIpc) is 3.32. The maximum atomic E-state index is 11.4. The molecule has 0 fully saturated rings. The highest BCUT2D eigenvalue weighted by Gasteiger charge is 2.21. The molecule has 2 unspecified atom stereocenters. The first-order valence-corrected chi connectivity index (χ1v) is 26.2. The van der Waals surface area contributed by atoms with Crippen LogP contribution >= 0.6 is 0 Å². The van der Waals surface area contributed by atoms with Crippen molar-refractivity contribution in [3.63, 3.8) is 0 Å². The molecule has 1 heterocycles. The van der Waals surface area contributed by atoms with E-state index in [4.69, 9.17) is 29.2 Å². The number of aromatic hydroxyl groups is 1. The van der Waals surface area contributed by atoms with Crippen molar-refractivity contribution in [1.82, 2.24) is 15.0 Å². The van der Waals surface area contributed by atoms with Crippen LogP contribution in [0.5, 0.6) is 11.5 Å². The second-order valence-electron chi connectivity index (χ2n) is 18.2. The highest BCUT2D eigenvalue weighted by Crippen LogP contribution is 2.35. The molecule has 3 aromatic carbocycles. The number of hydrogen-bond donors (Lipinski definition) is 2. The summed E-state index contributed by atoms with van der Waals surface area (Å²) >= 11 is 0. The first-order chi connectivity index (χ1) is 31.8. The molecular weight excluding hydrogens is 807 g/mol. The van der Waals surface area contributed by atoms with E-state index in [1.54, 1.807) is 25.1 Å². The van der Waals surface area contributed by atoms with E-state index in [-0.39, 0.29) is 5.75 Å². The van der Waals surface area contributed by atoms with E-state index in [9.17, 15) is 10.2 Å². The van der Waals surface area contributed by atoms with E-state index in [1.807, 2.05) is 0 Å². The number of phenolic OH excluding ortho intramolecular Hbond substituents is 1. The number of unbranched alkanes of at least 4 members (excludes halogenated alkanes) is 19. The Hall–Kier alpha value is -3.85. The number of aliphatic hydroxyl groups excluding tert-OH is 1. The van der Waals surface area contributed by atoms with Gasteiger partial charge in [0.1, 0.15) is 17.6 Å². The van der Waals surface area contributed by atoms with Crippen LogP contribution in [0.3, 0.4) is 0 Å². The lowest BCUT2D eigenvalue weighted by Crippen LogP contribution is -2.32. The van der Waals surface area contributed by atoms with Gasteiger partial charge in [-0.1, -0.05) is 187 Å². The molecule has 0 radical (unpaired) electrons. The molecule has 0 saturated heterocycles. The number of aromatic nitrogens is 3. The Balaban J connectivity index is 1.17. The van der Waals surface area contributed by atoms with Gasteiger partial charge >= 0.3 is 0 Å². The van der Waals surface area contributed by atoms with Crippen LogP contribution in [-0.4, -0.2) is 57.4 Å². The molecule has 65 heavy (non-hydrogen) atoms. The van der Waals surface area contributed by atoms with Crippen molar-refractivity contribution < 1.29 is 24.4 Å². The standard InChI is InChI=1S/C57H87N3O5/c1-7-12-13-14-15-16-20-23-26-29-38-63-39-30-27-24-21-18-17-19-22-25-28-31-40-64-57(44(6)61)65-49-34-37-52(53(62)43-49)56-59-54(50-35-32-45(8-2)41-47(50)10-4)58-55(60-56)51-36-33-46(9-3)42-48(51)11-5/h32-37,41-44,57,61-62H,7-31,38-40H2,1-6H3. The summed E-state index contributed by atoms with van der Waals surface area (Å²) in [5, 5.41) is 22.0. The van der Waals surface area contributed by atoms with E-state index in [0.717, 1.165) is 62.9 Å². The van der Waals surface area contributed by atoms with Crippen LogP contribution in [0.15, 0.2) is 54.6 Å². The van der Waals surface area contributed by atoms with Gasteiger partial charge in [-0.2, -0.15) is 0 Å². The molecule has 0 bridgehead atoms. The molecule has 8 heteroatoms. The maximum Gasteiger partial charge on any atom is 0.225 e. The van der Waals surface area contributed by atoms with Gasteiger partial charge in [-0.25, -0.2) is 15.0 Å². The summed E-state index contributed by atoms with van der Waals surface area (Å²) in [5.41, 5.74) is 7.27. The number of hydrogen-bond acceptors (Lipinski definition) is 8. The zero-order valence-electron chi connectivity index (χ0n) is 41.6. The zero-order valence-corrected chi connectivity index (χ0v) is 41.6. The molecule has 0 saturated carbocycles. The predicted octanol–water partition coefficient (Wildman–Crippen LogP) is 15.2. The largest absolute Gasteiger partial charge is 0.507 e. The summed E-state index contributed by atoms with van der Waals surface area (Å²) in [5.74, 6) is 1.90. The molecule has 2 atom stereocenters. The van der Waals surface area contributed by atoms with Gasteiger partial charge in [0.05, 0.1) is 12.2 Å². The Kier molecular flexibility index (Phi) is 26.4. The summed E-state index contributed by atoms with van der Waals surface area (Å²) in [6.45, 7) is 14.9. The Morgan fingerprint density at radius 3 is 1.26 bits per heavy atom. The Morgan fingerprint density at radius 1 is 0.462 bits per heavy atom. The summed E-state index contributed by atoms with van der Waals surface area (Å²) in [4.78, 5) is 15.0. The fourth-order valence-electron chi connectivity index (χ4n) is 8.56. The van der Waals surface area contributed by atoms with Crippen LogP contribution in [0.1, 0.15) is 199 Å². The molecule has 0 aliphatic heterocycles. The lowest BCUT2D eigenvalue weighted by atomic mass is 9.99. The molecular formula is C57H87N3O5. The lowest BCUT2D eigenvalue weighted by molar-refractivity contribution is -0.140. The van der Waals surface area contributed by atoms with Gasteiger partial charge in [-0.15, -0.1) is 0 Å². The summed E-state index contributed by atoms with van der Waals surface area (Å²) < 4.78 is 18.0. The van der Waals surface area contributed by atoms with E-state index >= 15 is 0 Å². The van der Waals surface area contributed by atoms with E-state index in [2.05, 4.69) is 71.0 Å². The van der Waals surface area contributed by atoms with E-state index in [1.165, 1.54) is 144 Å². The molecule has 0 amide bonds. The summed E-state index contributed by atoms with van der Waals surface area (Å²) in [7, 11) is 0. The molecule has 8 nitrogen and oxygen atoms in total. The summed E-state index contributed by atoms with van der Waals surface area (Å²) in [6, 6.07) is 18.0. The molecule has 0 aliphatic rings. The van der Waals surface area contributed by atoms with Crippen molar-refractivity contribution in [2.45, 2.75) is 214 Å². The third-order valence-electron chi connectivity index (χ3n) is 12.7. The third-order valence-corrected chi connectivity index (χ3v) is 12.7. The van der Waals surface area contributed by atoms with Crippen molar-refractivity contribution in [3.8, 4) is 45.7 Å². The van der Waals surface area contributed by atoms with Gasteiger partial charge < -0.3 is 24.4 Å². The first kappa shape index (κ1) is 53.8. The van der Waals surface area contributed by atoms with Crippen LogP contribution in [0.2, 0.25) is 0 Å². The van der Waals surface area contributed by atoms with Crippen LogP contribution in [0.4, 0.5) is 0 Å². The number of aryl methyl sites for hydroxylation is 4. The minimum atomic E-state index is -0.858. The fraction of sp³-hybridized carbons (Fsp3) is 0.632. The maximum absolute atomic E-state index is 11.4. The van der Waals surface area contributed by atoms with Gasteiger partial charge in [-0.3, -0.25) is 0 Å². The monoisotopic (exact) mass is 894 g/mol. The predicted molar refractivity (Wildman–Crippen MR) is 271 cm³/mol. The highest BCUT2D eigenvalue weighted by molar-refractivity contribution is 5.72. The smallest absolute Gasteiger partial charge is 0.225 e. The van der Waals surface area contributed by atoms with Gasteiger partial charge in [0.15, 0.2) is 17.5 Å². The van der Waals surface area contributed by atoms with Crippen LogP contribution < -0.4 is 4.74 Å². The first-order valence-electron chi connectivity index (χ1n) is 26.2. The molecule has 1 aromatic heterocycles. The third kappa shape index (κ3) is 19.5. The topological polar surface area (TPSA) is 107 Å². The second-order valence-corrected chi connectivity index (χ2v) is 18.2. The molecule has 360 valence electrons. The SMILES string of the molecule is CCCCCCCCCCCCOCCCCCCCCCCCCCOC(Oc1ccc(-c2nc(-c3ccc(CC)cc3CC)nc(-c3ccc(CC)cc3CC)n2)c(O)c1)C(C)O. The second kappa shape index (κ2) is 32.0. The quantitative estimate of drug-likeness (QED) is 0.0343. The Bertz CT molecular complexity index is 1820. The molecule has 4 rings (SSSR count). The van der Waals surface area contributed by atoms with Gasteiger partial charge in [-0.05, 0) is 86.3 Å². The molecule has 2 N–H and O–H groups in total. The van der Waals surface area contributed by atoms with Crippen molar-refractivity contribution in [1.29, 1.82) is 0 Å². The van der Waals surface area contributed by atoms with Crippen LogP contribution in [0, 0.1) is 0 Å². The molecule has 0 aliphatic carbocycles. The van der Waals surface area contributed by atoms with Crippen molar-refractivity contribution in [2.75, 3.05) is 19.8 Å². The number of aliphatic hydroxyl groups is 1. The number of nitrogens with zero attached hydrogens (tertiary/aromatic N) is 3. The normalized spacial score (nSPS) is 12.5. The number of phenols is 1. The number of rotatable bonds is 36. The number of benzene rings is 3. The number of ether oxygens (including phenoxy) is 3. The van der Waals surface area contributed by atoms with Crippen molar-refractivity contribution >= 4 is 0 Å². The molecule has 0 spiro atoms. The van der Waals surface area contributed by atoms with Crippen molar-refractivity contribution in [2.24, 2.45) is 0 Å². The average molecular weight is 894 g/mol. The van der Waals surface area contributed by atoms with Gasteiger partial charge in [0, 0.05) is 30.4 Å². The minimum Gasteiger partial charge on any atom is -0.507 e. The summed E-state index contributed by atoms with van der Waals surface area (Å²) in [6.07, 6.45) is 29.1.